The van der Waals surface area contributed by atoms with Crippen molar-refractivity contribution in [3.05, 3.63) is 41.3 Å². The van der Waals surface area contributed by atoms with Crippen molar-refractivity contribution in [2.24, 2.45) is 17.8 Å². The Balaban J connectivity index is 1.37. The Morgan fingerprint density at radius 2 is 2.00 bits per heavy atom. The van der Waals surface area contributed by atoms with Gasteiger partial charge >= 0.3 is 6.09 Å². The summed E-state index contributed by atoms with van der Waals surface area (Å²) in [4.78, 5) is 23.1. The van der Waals surface area contributed by atoms with E-state index in [2.05, 4.69) is 9.97 Å². The third-order valence-corrected chi connectivity index (χ3v) is 7.24. The van der Waals surface area contributed by atoms with Gasteiger partial charge in [0.15, 0.2) is 0 Å². The maximum absolute atomic E-state index is 14.6. The summed E-state index contributed by atoms with van der Waals surface area (Å²) >= 11 is 1.45. The number of carbonyl (C=O) groups is 1. The van der Waals surface area contributed by atoms with Crippen molar-refractivity contribution in [3.8, 4) is 17.0 Å². The van der Waals surface area contributed by atoms with E-state index in [1.165, 1.54) is 23.7 Å². The Hall–Kier alpha value is -2.78. The van der Waals surface area contributed by atoms with Crippen LogP contribution in [0.15, 0.2) is 29.9 Å². The van der Waals surface area contributed by atoms with Crippen molar-refractivity contribution in [2.45, 2.75) is 26.9 Å². The molecule has 4 heterocycles. The van der Waals surface area contributed by atoms with Crippen LogP contribution in [0.4, 0.5) is 9.18 Å². The van der Waals surface area contributed by atoms with Crippen LogP contribution in [0.2, 0.25) is 0 Å². The molecular weight excluding hydrogens is 457 g/mol. The van der Waals surface area contributed by atoms with Gasteiger partial charge in [-0.1, -0.05) is 26.0 Å². The number of amides is 1. The quantitative estimate of drug-likeness (QED) is 0.511. The molecule has 0 radical (unpaired) electrons. The third-order valence-electron chi connectivity index (χ3n) is 6.28. The first-order valence-electron chi connectivity index (χ1n) is 11.6. The molecule has 2 unspecified atom stereocenters. The molecule has 180 valence electrons. The summed E-state index contributed by atoms with van der Waals surface area (Å²) < 4.78 is 33.1. The Bertz CT molecular complexity index is 1190. The molecule has 9 heteroatoms. The van der Waals surface area contributed by atoms with Gasteiger partial charge in [-0.3, -0.25) is 0 Å². The third kappa shape index (κ3) is 4.46. The Labute approximate surface area is 201 Å². The minimum atomic E-state index is -0.281. The van der Waals surface area contributed by atoms with E-state index in [9.17, 15) is 9.18 Å². The fourth-order valence-corrected chi connectivity index (χ4v) is 5.59. The number of carbonyl (C=O) groups excluding carboxylic acids is 1. The van der Waals surface area contributed by atoms with E-state index in [1.807, 2.05) is 32.2 Å². The lowest BCUT2D eigenvalue weighted by Crippen LogP contribution is -2.58. The summed E-state index contributed by atoms with van der Waals surface area (Å²) in [6.45, 7) is 8.34. The summed E-state index contributed by atoms with van der Waals surface area (Å²) in [6, 6.07) is 5.20. The SMILES string of the molecule is Cc1ccc(-c2csc3c(OC4C5COCC4CN(C(=O)OCC(C)C)C5)ncnc23)c(F)c1. The van der Waals surface area contributed by atoms with Crippen LogP contribution in [-0.4, -0.2) is 60.0 Å². The molecule has 1 amide bonds. The number of ether oxygens (including phenoxy) is 3. The van der Waals surface area contributed by atoms with Crippen LogP contribution in [0.25, 0.3) is 21.3 Å². The number of benzene rings is 1. The maximum Gasteiger partial charge on any atom is 0.409 e. The Morgan fingerprint density at radius 1 is 1.24 bits per heavy atom. The molecule has 5 rings (SSSR count). The van der Waals surface area contributed by atoms with E-state index in [0.717, 1.165) is 15.8 Å². The molecule has 2 saturated heterocycles. The van der Waals surface area contributed by atoms with Crippen molar-refractivity contribution in [2.75, 3.05) is 32.9 Å². The summed E-state index contributed by atoms with van der Waals surface area (Å²) in [5.41, 5.74) is 2.79. The van der Waals surface area contributed by atoms with E-state index in [0.29, 0.717) is 49.9 Å². The highest BCUT2D eigenvalue weighted by atomic mass is 32.1. The predicted octanol–water partition coefficient (Wildman–Crippen LogP) is 4.92. The molecule has 2 aromatic heterocycles. The molecule has 0 saturated carbocycles. The first-order valence-corrected chi connectivity index (χ1v) is 12.4. The number of hydrogen-bond donors (Lipinski definition) is 0. The van der Waals surface area contributed by atoms with Gasteiger partial charge in [-0.25, -0.2) is 19.2 Å². The Morgan fingerprint density at radius 3 is 2.71 bits per heavy atom. The van der Waals surface area contributed by atoms with Crippen LogP contribution in [-0.2, 0) is 9.47 Å². The molecular formula is C25H28FN3O4S. The second-order valence-electron chi connectivity index (χ2n) is 9.51. The first kappa shape index (κ1) is 23.0. The molecule has 0 spiro atoms. The van der Waals surface area contributed by atoms with Gasteiger partial charge in [0.1, 0.15) is 22.9 Å². The largest absolute Gasteiger partial charge is 0.472 e. The molecule has 0 aliphatic carbocycles. The van der Waals surface area contributed by atoms with Crippen molar-refractivity contribution in [1.82, 2.24) is 14.9 Å². The molecule has 7 nitrogen and oxygen atoms in total. The highest BCUT2D eigenvalue weighted by Gasteiger charge is 2.44. The van der Waals surface area contributed by atoms with Crippen LogP contribution in [0, 0.1) is 30.5 Å². The summed E-state index contributed by atoms with van der Waals surface area (Å²) in [6.07, 6.45) is 1.05. The van der Waals surface area contributed by atoms with Gasteiger partial charge in [-0.05, 0) is 24.5 Å². The normalized spacial score (nSPS) is 22.3. The van der Waals surface area contributed by atoms with Gasteiger partial charge in [0, 0.05) is 41.4 Å². The van der Waals surface area contributed by atoms with E-state index in [1.54, 1.807) is 11.0 Å². The van der Waals surface area contributed by atoms with Crippen LogP contribution in [0.5, 0.6) is 5.88 Å². The van der Waals surface area contributed by atoms with E-state index >= 15 is 0 Å². The number of fused-ring (bicyclic) bond motifs is 3. The summed E-state index contributed by atoms with van der Waals surface area (Å²) in [7, 11) is 0. The molecule has 3 aromatic rings. The molecule has 2 aliphatic heterocycles. The predicted molar refractivity (Wildman–Crippen MR) is 128 cm³/mol. The lowest BCUT2D eigenvalue weighted by atomic mass is 9.84. The van der Waals surface area contributed by atoms with Crippen molar-refractivity contribution >= 4 is 27.6 Å². The van der Waals surface area contributed by atoms with E-state index in [4.69, 9.17) is 14.2 Å². The second-order valence-corrected chi connectivity index (χ2v) is 10.4. The summed E-state index contributed by atoms with van der Waals surface area (Å²) in [5.74, 6) is 0.531. The number of likely N-dealkylation sites (tertiary alicyclic amines) is 1. The molecule has 2 fully saturated rings. The number of halogens is 1. The Kier molecular flexibility index (Phi) is 6.40. The van der Waals surface area contributed by atoms with Crippen LogP contribution in [0.3, 0.4) is 0 Å². The number of thiophene rings is 1. The van der Waals surface area contributed by atoms with Gasteiger partial charge in [0.05, 0.1) is 25.3 Å². The topological polar surface area (TPSA) is 73.8 Å². The standard InChI is InChI=1S/C25H28FN3O4S/c1-14(2)9-32-25(30)29-7-16-10-31-11-17(8-29)22(16)33-24-23-21(27-13-28-24)19(12-34-23)18-5-4-15(3)6-20(18)26/h4-6,12-14,16-17,22H,7-11H2,1-3H3. The number of piperidine rings is 1. The van der Waals surface area contributed by atoms with Gasteiger partial charge in [-0.15, -0.1) is 11.3 Å². The highest BCUT2D eigenvalue weighted by Crippen LogP contribution is 2.39. The maximum atomic E-state index is 14.6. The lowest BCUT2D eigenvalue weighted by Gasteiger charge is -2.45. The van der Waals surface area contributed by atoms with Crippen LogP contribution in [0.1, 0.15) is 19.4 Å². The van der Waals surface area contributed by atoms with Crippen LogP contribution < -0.4 is 4.74 Å². The van der Waals surface area contributed by atoms with E-state index in [-0.39, 0.29) is 35.8 Å². The average Bonchev–Trinajstić information content (AvgIpc) is 3.22. The molecule has 2 atom stereocenters. The molecule has 0 N–H and O–H groups in total. The average molecular weight is 486 g/mol. The van der Waals surface area contributed by atoms with Crippen molar-refractivity contribution in [3.63, 3.8) is 0 Å². The number of rotatable bonds is 5. The van der Waals surface area contributed by atoms with Crippen molar-refractivity contribution in [1.29, 1.82) is 0 Å². The van der Waals surface area contributed by atoms with Gasteiger partial charge in [0.2, 0.25) is 5.88 Å². The number of nitrogens with zero attached hydrogens (tertiary/aromatic N) is 3. The minimum Gasteiger partial charge on any atom is -0.472 e. The fraction of sp³-hybridized carbons (Fsp3) is 0.480. The smallest absolute Gasteiger partial charge is 0.409 e. The first-order chi connectivity index (χ1) is 16.4. The number of aryl methyl sites for hydroxylation is 1. The van der Waals surface area contributed by atoms with Gasteiger partial charge in [-0.2, -0.15) is 0 Å². The molecule has 2 bridgehead atoms. The monoisotopic (exact) mass is 485 g/mol. The summed E-state index contributed by atoms with van der Waals surface area (Å²) in [5, 5.41) is 1.90. The zero-order valence-electron chi connectivity index (χ0n) is 19.5. The van der Waals surface area contributed by atoms with Gasteiger partial charge < -0.3 is 19.1 Å². The lowest BCUT2D eigenvalue weighted by molar-refractivity contribution is -0.109. The molecule has 2 aliphatic rings. The van der Waals surface area contributed by atoms with Crippen molar-refractivity contribution < 1.29 is 23.4 Å². The van der Waals surface area contributed by atoms with Gasteiger partial charge in [0.25, 0.3) is 0 Å². The fourth-order valence-electron chi connectivity index (χ4n) is 4.64. The molecule has 1 aromatic carbocycles. The zero-order chi connectivity index (χ0) is 23.8. The highest BCUT2D eigenvalue weighted by molar-refractivity contribution is 7.18. The zero-order valence-corrected chi connectivity index (χ0v) is 20.3. The number of hydrogen-bond acceptors (Lipinski definition) is 7. The number of aromatic nitrogens is 2. The second kappa shape index (κ2) is 9.46. The molecule has 34 heavy (non-hydrogen) atoms. The minimum absolute atomic E-state index is 0.0121. The van der Waals surface area contributed by atoms with E-state index < -0.39 is 0 Å². The van der Waals surface area contributed by atoms with Crippen LogP contribution >= 0.6 is 11.3 Å².